The Labute approximate surface area is 96.1 Å². The highest BCUT2D eigenvalue weighted by molar-refractivity contribution is 5.56. The molecule has 0 saturated carbocycles. The van der Waals surface area contributed by atoms with E-state index in [0.29, 0.717) is 6.61 Å². The third-order valence-electron chi connectivity index (χ3n) is 2.41. The summed E-state index contributed by atoms with van der Waals surface area (Å²) in [6.07, 6.45) is 1.93. The van der Waals surface area contributed by atoms with E-state index in [9.17, 15) is 0 Å². The van der Waals surface area contributed by atoms with E-state index in [-0.39, 0.29) is 0 Å². The van der Waals surface area contributed by atoms with Crippen molar-refractivity contribution in [2.45, 2.75) is 13.8 Å². The second-order valence-corrected chi connectivity index (χ2v) is 3.70. The molecule has 0 bridgehead atoms. The van der Waals surface area contributed by atoms with Gasteiger partial charge in [0.2, 0.25) is 6.20 Å². The Hall–Kier alpha value is -1.83. The van der Waals surface area contributed by atoms with Crippen LogP contribution in [-0.4, -0.2) is 6.61 Å². The molecule has 0 aliphatic carbocycles. The van der Waals surface area contributed by atoms with Crippen molar-refractivity contribution in [2.24, 2.45) is 0 Å². The summed E-state index contributed by atoms with van der Waals surface area (Å²) in [7, 11) is 0. The molecule has 1 heterocycles. The van der Waals surface area contributed by atoms with Crippen LogP contribution in [0.25, 0.3) is 11.3 Å². The van der Waals surface area contributed by atoms with Gasteiger partial charge in [-0.3, -0.25) is 4.84 Å². The first-order valence-electron chi connectivity index (χ1n) is 5.52. The van der Waals surface area contributed by atoms with Gasteiger partial charge in [0.25, 0.3) is 5.69 Å². The fourth-order valence-corrected chi connectivity index (χ4v) is 1.71. The zero-order chi connectivity index (χ0) is 11.4. The van der Waals surface area contributed by atoms with Crippen molar-refractivity contribution >= 4 is 0 Å². The minimum atomic E-state index is 0.660. The Balaban J connectivity index is 2.46. The van der Waals surface area contributed by atoms with Crippen molar-refractivity contribution in [1.82, 2.24) is 0 Å². The highest BCUT2D eigenvalue weighted by Gasteiger charge is 2.13. The third kappa shape index (κ3) is 2.22. The van der Waals surface area contributed by atoms with Gasteiger partial charge in [0.1, 0.15) is 0 Å². The second-order valence-electron chi connectivity index (χ2n) is 3.70. The summed E-state index contributed by atoms with van der Waals surface area (Å²) in [5.74, 6) is 0. The van der Waals surface area contributed by atoms with E-state index >= 15 is 0 Å². The Bertz CT molecular complexity index is 480. The fraction of sp³-hybridized carbons (Fsp3) is 0.214. The molecule has 82 valence electrons. The number of nitrogens with zero attached hydrogens (tertiary/aromatic N) is 1. The standard InChI is InChI=1S/C14H16NO/c1-3-16-15-10-5-4-9-14(15)13-8-6-7-12(2)11-13/h4-11H,3H2,1-2H3/q+1. The summed E-state index contributed by atoms with van der Waals surface area (Å²) in [6.45, 7) is 4.74. The van der Waals surface area contributed by atoms with Gasteiger partial charge < -0.3 is 0 Å². The molecule has 0 atom stereocenters. The highest BCUT2D eigenvalue weighted by Crippen LogP contribution is 2.15. The lowest BCUT2D eigenvalue weighted by molar-refractivity contribution is -0.882. The predicted molar refractivity (Wildman–Crippen MR) is 63.9 cm³/mol. The summed E-state index contributed by atoms with van der Waals surface area (Å²) < 4.78 is 1.81. The quantitative estimate of drug-likeness (QED) is 0.715. The zero-order valence-electron chi connectivity index (χ0n) is 9.68. The molecule has 0 N–H and O–H groups in total. The topological polar surface area (TPSA) is 13.1 Å². The van der Waals surface area contributed by atoms with Crippen molar-refractivity contribution in [1.29, 1.82) is 0 Å². The largest absolute Gasteiger partial charge is 0.271 e. The van der Waals surface area contributed by atoms with Gasteiger partial charge in [0, 0.05) is 16.9 Å². The van der Waals surface area contributed by atoms with E-state index in [0.717, 1.165) is 5.69 Å². The number of rotatable bonds is 3. The number of aromatic nitrogens is 1. The van der Waals surface area contributed by atoms with E-state index in [4.69, 9.17) is 4.84 Å². The molecule has 0 radical (unpaired) electrons. The third-order valence-corrected chi connectivity index (χ3v) is 2.41. The fourth-order valence-electron chi connectivity index (χ4n) is 1.71. The van der Waals surface area contributed by atoms with Crippen LogP contribution in [0.1, 0.15) is 12.5 Å². The van der Waals surface area contributed by atoms with Crippen molar-refractivity contribution in [2.75, 3.05) is 6.61 Å². The summed E-state index contributed by atoms with van der Waals surface area (Å²) in [5.41, 5.74) is 3.51. The number of hydrogen-bond donors (Lipinski definition) is 0. The van der Waals surface area contributed by atoms with Gasteiger partial charge in [-0.05, 0) is 32.0 Å². The summed E-state index contributed by atoms with van der Waals surface area (Å²) in [4.78, 5) is 5.55. The Kier molecular flexibility index (Phi) is 3.20. The molecule has 2 heteroatoms. The van der Waals surface area contributed by atoms with Crippen LogP contribution in [0, 0.1) is 6.92 Å². The van der Waals surface area contributed by atoms with E-state index in [2.05, 4.69) is 37.3 Å². The first kappa shape index (κ1) is 10.7. The number of pyridine rings is 1. The molecule has 0 aliphatic rings. The molecule has 2 nitrogen and oxygen atoms in total. The summed E-state index contributed by atoms with van der Waals surface area (Å²) in [6, 6.07) is 14.5. The second kappa shape index (κ2) is 4.79. The monoisotopic (exact) mass is 214 g/mol. The molecule has 0 spiro atoms. The van der Waals surface area contributed by atoms with Gasteiger partial charge in [-0.15, -0.1) is 0 Å². The molecule has 2 aromatic rings. The molecule has 16 heavy (non-hydrogen) atoms. The lowest BCUT2D eigenvalue weighted by Crippen LogP contribution is -2.44. The van der Waals surface area contributed by atoms with Crippen LogP contribution in [0.5, 0.6) is 0 Å². The summed E-state index contributed by atoms with van der Waals surface area (Å²) >= 11 is 0. The first-order valence-corrected chi connectivity index (χ1v) is 5.52. The first-order chi connectivity index (χ1) is 7.81. The van der Waals surface area contributed by atoms with E-state index in [1.165, 1.54) is 11.1 Å². The van der Waals surface area contributed by atoms with Crippen LogP contribution < -0.4 is 9.57 Å². The number of hydrogen-bond acceptors (Lipinski definition) is 1. The molecule has 0 saturated heterocycles. The van der Waals surface area contributed by atoms with Crippen LogP contribution in [0.15, 0.2) is 48.7 Å². The van der Waals surface area contributed by atoms with E-state index in [1.807, 2.05) is 30.0 Å². The Morgan fingerprint density at radius 1 is 1.12 bits per heavy atom. The molecule has 0 unspecified atom stereocenters. The molecule has 2 rings (SSSR count). The minimum Gasteiger partial charge on any atom is -0.271 e. The normalized spacial score (nSPS) is 10.1. The Morgan fingerprint density at radius 3 is 2.75 bits per heavy atom. The molecular weight excluding hydrogens is 198 g/mol. The average Bonchev–Trinajstić information content (AvgIpc) is 2.30. The van der Waals surface area contributed by atoms with Crippen LogP contribution in [0.2, 0.25) is 0 Å². The van der Waals surface area contributed by atoms with Crippen LogP contribution in [-0.2, 0) is 0 Å². The molecule has 0 fully saturated rings. The SMILES string of the molecule is CCO[n+]1ccccc1-c1cccc(C)c1. The van der Waals surface area contributed by atoms with Gasteiger partial charge in [-0.2, -0.15) is 0 Å². The van der Waals surface area contributed by atoms with Gasteiger partial charge >= 0.3 is 0 Å². The van der Waals surface area contributed by atoms with Crippen molar-refractivity contribution in [3.05, 3.63) is 54.2 Å². The van der Waals surface area contributed by atoms with Crippen LogP contribution in [0.4, 0.5) is 0 Å². The van der Waals surface area contributed by atoms with Crippen molar-refractivity contribution in [3.8, 4) is 11.3 Å². The molecule has 0 amide bonds. The van der Waals surface area contributed by atoms with E-state index < -0.39 is 0 Å². The maximum Gasteiger partial charge on any atom is 0.264 e. The summed E-state index contributed by atoms with van der Waals surface area (Å²) in [5, 5.41) is 0. The maximum atomic E-state index is 5.55. The van der Waals surface area contributed by atoms with Crippen LogP contribution in [0.3, 0.4) is 0 Å². The van der Waals surface area contributed by atoms with Crippen LogP contribution >= 0.6 is 0 Å². The minimum absolute atomic E-state index is 0.660. The number of benzene rings is 1. The molecular formula is C14H16NO+. The average molecular weight is 214 g/mol. The van der Waals surface area contributed by atoms with Gasteiger partial charge in [-0.1, -0.05) is 17.7 Å². The molecule has 1 aromatic heterocycles. The van der Waals surface area contributed by atoms with Gasteiger partial charge in [0.05, 0.1) is 5.56 Å². The Morgan fingerprint density at radius 2 is 2.00 bits per heavy atom. The van der Waals surface area contributed by atoms with Gasteiger partial charge in [-0.25, -0.2) is 0 Å². The zero-order valence-corrected chi connectivity index (χ0v) is 9.68. The highest BCUT2D eigenvalue weighted by atomic mass is 16.7. The smallest absolute Gasteiger partial charge is 0.264 e. The van der Waals surface area contributed by atoms with Gasteiger partial charge in [0.15, 0.2) is 6.61 Å². The lowest BCUT2D eigenvalue weighted by atomic mass is 10.1. The lowest BCUT2D eigenvalue weighted by Gasteiger charge is -2.02. The maximum absolute atomic E-state index is 5.55. The van der Waals surface area contributed by atoms with E-state index in [1.54, 1.807) is 0 Å². The van der Waals surface area contributed by atoms with Crippen molar-refractivity contribution < 1.29 is 9.57 Å². The molecule has 1 aromatic carbocycles. The van der Waals surface area contributed by atoms with Crippen molar-refractivity contribution in [3.63, 3.8) is 0 Å². The number of aryl methyl sites for hydroxylation is 1. The molecule has 0 aliphatic heterocycles. The predicted octanol–water partition coefficient (Wildman–Crippen LogP) is 2.40.